The summed E-state index contributed by atoms with van der Waals surface area (Å²) in [6.45, 7) is 1.28. The van der Waals surface area contributed by atoms with Crippen LogP contribution >= 0.6 is 0 Å². The van der Waals surface area contributed by atoms with E-state index in [4.69, 9.17) is 15.2 Å². The van der Waals surface area contributed by atoms with Crippen LogP contribution in [0.1, 0.15) is 16.8 Å². The second kappa shape index (κ2) is 7.70. The minimum absolute atomic E-state index is 0.107. The van der Waals surface area contributed by atoms with Crippen molar-refractivity contribution in [3.8, 4) is 11.5 Å². The molecule has 9 nitrogen and oxygen atoms in total. The molecule has 0 aromatic heterocycles. The lowest BCUT2D eigenvalue weighted by atomic mass is 10.1. The van der Waals surface area contributed by atoms with Gasteiger partial charge in [0.15, 0.2) is 11.5 Å². The first kappa shape index (κ1) is 18.6. The average Bonchev–Trinajstić information content (AvgIpc) is 3.07. The second-order valence-electron chi connectivity index (χ2n) is 6.74. The Morgan fingerprint density at radius 1 is 1.07 bits per heavy atom. The van der Waals surface area contributed by atoms with Gasteiger partial charge in [0.05, 0.1) is 17.3 Å². The van der Waals surface area contributed by atoms with Gasteiger partial charge in [0.25, 0.3) is 5.91 Å². The van der Waals surface area contributed by atoms with E-state index in [9.17, 15) is 14.4 Å². The summed E-state index contributed by atoms with van der Waals surface area (Å²) in [6, 6.07) is 10.9. The van der Waals surface area contributed by atoms with Crippen molar-refractivity contribution in [2.24, 2.45) is 5.73 Å². The molecule has 0 radical (unpaired) electrons. The van der Waals surface area contributed by atoms with Gasteiger partial charge in [-0.3, -0.25) is 9.59 Å². The van der Waals surface area contributed by atoms with Crippen LogP contribution in [0.25, 0.3) is 0 Å². The molecule has 1 fully saturated rings. The van der Waals surface area contributed by atoms with E-state index in [2.05, 4.69) is 10.6 Å². The number of primary amides is 1. The van der Waals surface area contributed by atoms with Crippen molar-refractivity contribution in [3.63, 3.8) is 0 Å². The summed E-state index contributed by atoms with van der Waals surface area (Å²) >= 11 is 0. The first-order valence-corrected chi connectivity index (χ1v) is 9.17. The number of urea groups is 1. The Balaban J connectivity index is 1.41. The van der Waals surface area contributed by atoms with Crippen LogP contribution in [0.4, 0.5) is 16.2 Å². The molecule has 0 spiro atoms. The van der Waals surface area contributed by atoms with Crippen molar-refractivity contribution in [1.82, 2.24) is 5.32 Å². The summed E-state index contributed by atoms with van der Waals surface area (Å²) in [4.78, 5) is 37.9. The van der Waals surface area contributed by atoms with Crippen LogP contribution < -0.4 is 30.7 Å². The van der Waals surface area contributed by atoms with Gasteiger partial charge in [-0.2, -0.15) is 0 Å². The lowest BCUT2D eigenvalue weighted by molar-refractivity contribution is -0.117. The zero-order valence-corrected chi connectivity index (χ0v) is 15.5. The van der Waals surface area contributed by atoms with E-state index < -0.39 is 11.9 Å². The van der Waals surface area contributed by atoms with E-state index >= 15 is 0 Å². The minimum atomic E-state index is -0.637. The number of ether oxygens (including phenoxy) is 2. The number of rotatable bonds is 4. The van der Waals surface area contributed by atoms with E-state index in [1.807, 2.05) is 0 Å². The first-order chi connectivity index (χ1) is 14.0. The highest BCUT2D eigenvalue weighted by molar-refractivity contribution is 6.03. The predicted octanol–water partition coefficient (Wildman–Crippen LogP) is 1.48. The molecular formula is C20H20N4O5. The van der Waals surface area contributed by atoms with Gasteiger partial charge in [-0.15, -0.1) is 0 Å². The van der Waals surface area contributed by atoms with Gasteiger partial charge in [0, 0.05) is 24.7 Å². The summed E-state index contributed by atoms with van der Waals surface area (Å²) < 4.78 is 11.1. The number of hydrogen-bond donors (Lipinski definition) is 3. The Hall–Kier alpha value is -3.75. The zero-order chi connectivity index (χ0) is 20.4. The molecule has 2 heterocycles. The number of carbonyl (C=O) groups is 3. The molecule has 29 heavy (non-hydrogen) atoms. The predicted molar refractivity (Wildman–Crippen MR) is 105 cm³/mol. The molecule has 2 aliphatic heterocycles. The number of para-hydroxylation sites is 1. The monoisotopic (exact) mass is 396 g/mol. The van der Waals surface area contributed by atoms with Gasteiger partial charge in [-0.1, -0.05) is 12.1 Å². The van der Waals surface area contributed by atoms with E-state index in [0.29, 0.717) is 42.6 Å². The molecule has 2 aliphatic rings. The average molecular weight is 396 g/mol. The van der Waals surface area contributed by atoms with Crippen LogP contribution in [-0.4, -0.2) is 43.6 Å². The quantitative estimate of drug-likeness (QED) is 0.722. The largest absolute Gasteiger partial charge is 0.486 e. The summed E-state index contributed by atoms with van der Waals surface area (Å²) in [7, 11) is 0. The molecule has 0 bridgehead atoms. The molecule has 9 heteroatoms. The maximum atomic E-state index is 12.5. The number of anilines is 2. The third kappa shape index (κ3) is 3.93. The van der Waals surface area contributed by atoms with E-state index in [0.717, 1.165) is 0 Å². The lowest BCUT2D eigenvalue weighted by Crippen LogP contribution is -2.40. The van der Waals surface area contributed by atoms with Crippen LogP contribution in [0.5, 0.6) is 11.5 Å². The molecule has 2 aromatic carbocycles. The number of benzene rings is 2. The molecule has 150 valence electrons. The van der Waals surface area contributed by atoms with Gasteiger partial charge < -0.3 is 30.7 Å². The molecular weight excluding hydrogens is 376 g/mol. The third-order valence-corrected chi connectivity index (χ3v) is 4.74. The molecule has 2 aromatic rings. The molecule has 4 rings (SSSR count). The molecule has 1 unspecified atom stereocenters. The van der Waals surface area contributed by atoms with Gasteiger partial charge in [-0.05, 0) is 24.3 Å². The van der Waals surface area contributed by atoms with Gasteiger partial charge in [0.1, 0.15) is 13.2 Å². The Kier molecular flexibility index (Phi) is 4.94. The summed E-state index contributed by atoms with van der Waals surface area (Å²) in [6.07, 6.45) is 0.166. The molecule has 4 N–H and O–H groups in total. The molecule has 1 atom stereocenters. The fourth-order valence-electron chi connectivity index (χ4n) is 3.40. The summed E-state index contributed by atoms with van der Waals surface area (Å²) in [5.74, 6) is 0.499. The normalized spacial score (nSPS) is 17.7. The summed E-state index contributed by atoms with van der Waals surface area (Å²) in [5, 5.41) is 5.38. The molecule has 0 aliphatic carbocycles. The smallest absolute Gasteiger partial charge is 0.319 e. The van der Waals surface area contributed by atoms with E-state index in [1.54, 1.807) is 41.3 Å². The van der Waals surface area contributed by atoms with Crippen molar-refractivity contribution in [2.75, 3.05) is 30.0 Å². The Labute approximate surface area is 166 Å². The third-order valence-electron chi connectivity index (χ3n) is 4.74. The zero-order valence-electron chi connectivity index (χ0n) is 15.5. The fraction of sp³-hybridized carbons (Fsp3) is 0.250. The second-order valence-corrected chi connectivity index (χ2v) is 6.74. The Morgan fingerprint density at radius 3 is 2.62 bits per heavy atom. The van der Waals surface area contributed by atoms with Crippen molar-refractivity contribution in [3.05, 3.63) is 48.0 Å². The Bertz CT molecular complexity index is 977. The van der Waals surface area contributed by atoms with Gasteiger partial charge in [0.2, 0.25) is 5.91 Å². The highest BCUT2D eigenvalue weighted by Crippen LogP contribution is 2.35. The van der Waals surface area contributed by atoms with Crippen molar-refractivity contribution in [1.29, 1.82) is 0 Å². The highest BCUT2D eigenvalue weighted by atomic mass is 16.6. The maximum Gasteiger partial charge on any atom is 0.319 e. The van der Waals surface area contributed by atoms with Crippen molar-refractivity contribution >= 4 is 29.2 Å². The van der Waals surface area contributed by atoms with Crippen molar-refractivity contribution < 1.29 is 23.9 Å². The molecule has 4 amide bonds. The van der Waals surface area contributed by atoms with Gasteiger partial charge >= 0.3 is 6.03 Å². The molecule has 0 saturated carbocycles. The lowest BCUT2D eigenvalue weighted by Gasteiger charge is -2.22. The van der Waals surface area contributed by atoms with Crippen LogP contribution in [0.15, 0.2) is 42.5 Å². The van der Waals surface area contributed by atoms with E-state index in [1.165, 1.54) is 6.07 Å². The van der Waals surface area contributed by atoms with E-state index in [-0.39, 0.29) is 23.9 Å². The summed E-state index contributed by atoms with van der Waals surface area (Å²) in [5.41, 5.74) is 6.53. The van der Waals surface area contributed by atoms with Crippen LogP contribution in [0.2, 0.25) is 0 Å². The number of carbonyl (C=O) groups excluding carboxylic acids is 3. The number of fused-ring (bicyclic) bond motifs is 1. The fourth-order valence-corrected chi connectivity index (χ4v) is 3.40. The number of nitrogens with zero attached hydrogens (tertiary/aromatic N) is 1. The minimum Gasteiger partial charge on any atom is -0.486 e. The molecule has 1 saturated heterocycles. The standard InChI is InChI=1S/C20H20N4O5/c21-19(26)14-3-1-2-4-15(14)23-20(27)22-12-9-18(25)24(11-12)13-5-6-16-17(10-13)29-8-7-28-16/h1-6,10,12H,7-9,11H2,(H2,21,26)(H2,22,23,27). The highest BCUT2D eigenvalue weighted by Gasteiger charge is 2.32. The number of nitrogens with one attached hydrogen (secondary N) is 2. The number of nitrogens with two attached hydrogens (primary N) is 1. The van der Waals surface area contributed by atoms with Crippen LogP contribution in [-0.2, 0) is 4.79 Å². The SMILES string of the molecule is NC(=O)c1ccccc1NC(=O)NC1CC(=O)N(c2ccc3c(c2)OCCO3)C1. The van der Waals surface area contributed by atoms with Crippen LogP contribution in [0.3, 0.4) is 0 Å². The first-order valence-electron chi connectivity index (χ1n) is 9.17. The topological polar surface area (TPSA) is 123 Å². The van der Waals surface area contributed by atoms with Crippen LogP contribution in [0, 0.1) is 0 Å². The number of hydrogen-bond acceptors (Lipinski definition) is 5. The van der Waals surface area contributed by atoms with Gasteiger partial charge in [-0.25, -0.2) is 4.79 Å². The van der Waals surface area contributed by atoms with Crippen molar-refractivity contribution in [2.45, 2.75) is 12.5 Å². The number of amides is 4. The Morgan fingerprint density at radius 2 is 1.83 bits per heavy atom. The maximum absolute atomic E-state index is 12.5.